The molecule has 1 N–H and O–H groups in total. The number of carbonyl (C=O) groups excluding carboxylic acids is 1. The van der Waals surface area contributed by atoms with E-state index in [-0.39, 0.29) is 11.3 Å². The average Bonchev–Trinajstić information content (AvgIpc) is 2.87. The second kappa shape index (κ2) is 8.20. The first-order valence-electron chi connectivity index (χ1n) is 7.24. The van der Waals surface area contributed by atoms with Crippen molar-refractivity contribution >= 4 is 17.5 Å². The van der Waals surface area contributed by atoms with Gasteiger partial charge in [0.05, 0.1) is 10.8 Å². The molecule has 0 bridgehead atoms. The van der Waals surface area contributed by atoms with Gasteiger partial charge in [-0.05, 0) is 25.5 Å². The van der Waals surface area contributed by atoms with E-state index in [9.17, 15) is 18.4 Å². The molecule has 0 saturated carbocycles. The number of ether oxygens (including phenoxy) is 1. The standard InChI is InChI=1S/C15H17F2N3O3S/c1-9(13(21)11-5-4-10(16)8-12(11)17)24-15-19-18-14(22)20(15)6-3-7-23-2/h4-5,8-9H,3,6-7H2,1-2H3,(H,18,22). The van der Waals surface area contributed by atoms with E-state index in [1.165, 1.54) is 4.57 Å². The zero-order chi connectivity index (χ0) is 17.7. The van der Waals surface area contributed by atoms with E-state index < -0.39 is 22.7 Å². The molecule has 0 aliphatic heterocycles. The average molecular weight is 357 g/mol. The lowest BCUT2D eigenvalue weighted by atomic mass is 10.1. The highest BCUT2D eigenvalue weighted by molar-refractivity contribution is 8.00. The zero-order valence-corrected chi connectivity index (χ0v) is 14.0. The summed E-state index contributed by atoms with van der Waals surface area (Å²) in [6, 6.07) is 2.81. The van der Waals surface area contributed by atoms with Crippen molar-refractivity contribution in [2.24, 2.45) is 0 Å². The quantitative estimate of drug-likeness (QED) is 0.445. The van der Waals surface area contributed by atoms with E-state index >= 15 is 0 Å². The molecule has 0 aliphatic carbocycles. The SMILES string of the molecule is COCCCn1c(SC(C)C(=O)c2ccc(F)cc2F)n[nH]c1=O. The van der Waals surface area contributed by atoms with Gasteiger partial charge >= 0.3 is 5.69 Å². The van der Waals surface area contributed by atoms with Crippen LogP contribution in [0.15, 0.2) is 28.2 Å². The number of benzene rings is 1. The summed E-state index contributed by atoms with van der Waals surface area (Å²) < 4.78 is 33.0. The van der Waals surface area contributed by atoms with Gasteiger partial charge in [0.2, 0.25) is 0 Å². The zero-order valence-electron chi connectivity index (χ0n) is 13.2. The van der Waals surface area contributed by atoms with Crippen molar-refractivity contribution in [3.63, 3.8) is 0 Å². The van der Waals surface area contributed by atoms with Crippen molar-refractivity contribution in [2.75, 3.05) is 13.7 Å². The second-order valence-corrected chi connectivity index (χ2v) is 6.37. The van der Waals surface area contributed by atoms with Crippen molar-refractivity contribution in [3.05, 3.63) is 45.9 Å². The van der Waals surface area contributed by atoms with Crippen LogP contribution in [0.25, 0.3) is 0 Å². The third-order valence-corrected chi connectivity index (χ3v) is 4.39. The Bertz CT molecular complexity index is 776. The van der Waals surface area contributed by atoms with Crippen molar-refractivity contribution in [3.8, 4) is 0 Å². The summed E-state index contributed by atoms with van der Waals surface area (Å²) in [5, 5.41) is 5.86. The number of methoxy groups -OCH3 is 1. The van der Waals surface area contributed by atoms with Crippen LogP contribution in [-0.2, 0) is 11.3 Å². The van der Waals surface area contributed by atoms with Crippen molar-refractivity contribution < 1.29 is 18.3 Å². The largest absolute Gasteiger partial charge is 0.385 e. The summed E-state index contributed by atoms with van der Waals surface area (Å²) in [6.45, 7) is 2.45. The van der Waals surface area contributed by atoms with Crippen LogP contribution in [0, 0.1) is 11.6 Å². The van der Waals surface area contributed by atoms with Crippen molar-refractivity contribution in [2.45, 2.75) is 30.3 Å². The lowest BCUT2D eigenvalue weighted by molar-refractivity contribution is 0.0990. The maximum atomic E-state index is 13.7. The monoisotopic (exact) mass is 357 g/mol. The number of aromatic nitrogens is 3. The predicted molar refractivity (Wildman–Crippen MR) is 85.3 cm³/mol. The number of thioether (sulfide) groups is 1. The molecule has 6 nitrogen and oxygen atoms in total. The normalized spacial score (nSPS) is 12.3. The summed E-state index contributed by atoms with van der Waals surface area (Å²) >= 11 is 1.03. The first-order chi connectivity index (χ1) is 11.4. The fourth-order valence-electron chi connectivity index (χ4n) is 2.08. The van der Waals surface area contributed by atoms with Gasteiger partial charge in [-0.15, -0.1) is 5.10 Å². The molecule has 0 saturated heterocycles. The van der Waals surface area contributed by atoms with E-state index in [4.69, 9.17) is 4.74 Å². The summed E-state index contributed by atoms with van der Waals surface area (Å²) in [5.74, 6) is -2.16. The smallest absolute Gasteiger partial charge is 0.343 e. The minimum atomic E-state index is -0.910. The minimum Gasteiger partial charge on any atom is -0.385 e. The van der Waals surface area contributed by atoms with Gasteiger partial charge in [-0.3, -0.25) is 9.36 Å². The van der Waals surface area contributed by atoms with Crippen LogP contribution < -0.4 is 5.69 Å². The van der Waals surface area contributed by atoms with Crippen LogP contribution in [0.2, 0.25) is 0 Å². The summed E-state index contributed by atoms with van der Waals surface area (Å²) in [7, 11) is 1.56. The number of H-pyrrole nitrogens is 1. The number of hydrogen-bond acceptors (Lipinski definition) is 5. The molecule has 0 amide bonds. The summed E-state index contributed by atoms with van der Waals surface area (Å²) in [4.78, 5) is 24.1. The fourth-order valence-corrected chi connectivity index (χ4v) is 3.03. The number of nitrogens with one attached hydrogen (secondary N) is 1. The highest BCUT2D eigenvalue weighted by Crippen LogP contribution is 2.24. The minimum absolute atomic E-state index is 0.194. The number of nitrogens with zero attached hydrogens (tertiary/aromatic N) is 2. The van der Waals surface area contributed by atoms with Crippen molar-refractivity contribution in [1.82, 2.24) is 14.8 Å². The molecule has 2 rings (SSSR count). The van der Waals surface area contributed by atoms with Gasteiger partial charge in [0.1, 0.15) is 11.6 Å². The third kappa shape index (κ3) is 4.30. The molecule has 2 aromatic rings. The maximum absolute atomic E-state index is 13.7. The molecule has 130 valence electrons. The molecule has 1 aromatic heterocycles. The van der Waals surface area contributed by atoms with Crippen LogP contribution in [0.5, 0.6) is 0 Å². The first-order valence-corrected chi connectivity index (χ1v) is 8.12. The van der Waals surface area contributed by atoms with E-state index in [0.717, 1.165) is 23.9 Å². The molecule has 1 atom stereocenters. The van der Waals surface area contributed by atoms with Crippen LogP contribution in [-0.4, -0.2) is 39.5 Å². The van der Waals surface area contributed by atoms with Gasteiger partial charge < -0.3 is 4.74 Å². The molecular formula is C15H17F2N3O3S. The van der Waals surface area contributed by atoms with Gasteiger partial charge in [-0.2, -0.15) is 0 Å². The Morgan fingerprint density at radius 2 is 2.21 bits per heavy atom. The van der Waals surface area contributed by atoms with Crippen LogP contribution in [0.4, 0.5) is 8.78 Å². The predicted octanol–water partition coefficient (Wildman–Crippen LogP) is 2.25. The Hall–Kier alpha value is -2.00. The molecule has 0 aliphatic rings. The Kier molecular flexibility index (Phi) is 6.27. The molecule has 0 radical (unpaired) electrons. The highest BCUT2D eigenvalue weighted by Gasteiger charge is 2.22. The first kappa shape index (κ1) is 18.3. The van der Waals surface area contributed by atoms with Gasteiger partial charge in [0, 0.05) is 26.3 Å². The van der Waals surface area contributed by atoms with Gasteiger partial charge in [-0.1, -0.05) is 11.8 Å². The number of rotatable bonds is 8. The summed E-state index contributed by atoms with van der Waals surface area (Å²) in [6.07, 6.45) is 0.610. The highest BCUT2D eigenvalue weighted by atomic mass is 32.2. The molecule has 24 heavy (non-hydrogen) atoms. The van der Waals surface area contributed by atoms with Gasteiger partial charge in [-0.25, -0.2) is 18.7 Å². The number of Topliss-reactive ketones (excluding diaryl/α,β-unsaturated/α-hetero) is 1. The molecule has 9 heteroatoms. The van der Waals surface area contributed by atoms with E-state index in [2.05, 4.69) is 10.2 Å². The van der Waals surface area contributed by atoms with Crippen LogP contribution in [0.1, 0.15) is 23.7 Å². The molecular weight excluding hydrogens is 340 g/mol. The number of halogens is 2. The summed E-state index contributed by atoms with van der Waals surface area (Å²) in [5.41, 5.74) is -0.582. The van der Waals surface area contributed by atoms with Gasteiger partial charge in [0.15, 0.2) is 10.9 Å². The topological polar surface area (TPSA) is 77.0 Å². The number of hydrogen-bond donors (Lipinski definition) is 1. The van der Waals surface area contributed by atoms with Crippen LogP contribution >= 0.6 is 11.8 Å². The maximum Gasteiger partial charge on any atom is 0.343 e. The lowest BCUT2D eigenvalue weighted by Gasteiger charge is -2.11. The lowest BCUT2D eigenvalue weighted by Crippen LogP contribution is -2.20. The Labute approximate surface area is 141 Å². The molecule has 1 aromatic carbocycles. The van der Waals surface area contributed by atoms with Crippen LogP contribution in [0.3, 0.4) is 0 Å². The van der Waals surface area contributed by atoms with E-state index in [0.29, 0.717) is 30.8 Å². The number of ketones is 1. The van der Waals surface area contributed by atoms with E-state index in [1.807, 2.05) is 0 Å². The second-order valence-electron chi connectivity index (χ2n) is 5.06. The number of carbonyl (C=O) groups is 1. The number of aromatic amines is 1. The van der Waals surface area contributed by atoms with Crippen molar-refractivity contribution in [1.29, 1.82) is 0 Å². The van der Waals surface area contributed by atoms with Gasteiger partial charge in [0.25, 0.3) is 0 Å². The molecule has 1 heterocycles. The molecule has 1 unspecified atom stereocenters. The van der Waals surface area contributed by atoms with E-state index in [1.54, 1.807) is 14.0 Å². The Morgan fingerprint density at radius 1 is 1.46 bits per heavy atom. The Balaban J connectivity index is 2.13. The third-order valence-electron chi connectivity index (χ3n) is 3.30. The Morgan fingerprint density at radius 3 is 2.88 bits per heavy atom. The fraction of sp³-hybridized carbons (Fsp3) is 0.400. The molecule has 0 spiro atoms. The molecule has 0 fully saturated rings.